The van der Waals surface area contributed by atoms with Gasteiger partial charge in [0, 0.05) is 17.9 Å². The fourth-order valence-corrected chi connectivity index (χ4v) is 1.80. The van der Waals surface area contributed by atoms with Crippen molar-refractivity contribution in [2.24, 2.45) is 0 Å². The van der Waals surface area contributed by atoms with Crippen LogP contribution in [-0.4, -0.2) is 22.6 Å². The van der Waals surface area contributed by atoms with Gasteiger partial charge in [0.25, 0.3) is 5.91 Å². The van der Waals surface area contributed by atoms with E-state index >= 15 is 0 Å². The second-order valence-electron chi connectivity index (χ2n) is 3.94. The number of aromatic amines is 1. The highest BCUT2D eigenvalue weighted by atomic mass is 19.1. The monoisotopic (exact) mass is 247 g/mol. The summed E-state index contributed by atoms with van der Waals surface area (Å²) in [4.78, 5) is 13.8. The second-order valence-corrected chi connectivity index (χ2v) is 3.94. The molecule has 0 fully saturated rings. The number of carbonyl (C=O) groups excluding carboxylic acids is 1. The molecule has 0 atom stereocenters. The smallest absolute Gasteiger partial charge is 0.261 e. The van der Waals surface area contributed by atoms with Crippen LogP contribution in [0.2, 0.25) is 0 Å². The molecule has 18 heavy (non-hydrogen) atoms. The first-order chi connectivity index (χ1) is 8.63. The number of amides is 1. The predicted molar refractivity (Wildman–Crippen MR) is 67.1 cm³/mol. The van der Waals surface area contributed by atoms with E-state index in [0.29, 0.717) is 23.5 Å². The average molecular weight is 247 g/mol. The molecule has 1 amide bonds. The van der Waals surface area contributed by atoms with Crippen LogP contribution in [0.1, 0.15) is 23.0 Å². The molecular weight excluding hydrogens is 233 g/mol. The number of aryl methyl sites for hydroxylation is 1. The van der Waals surface area contributed by atoms with Gasteiger partial charge in [0.1, 0.15) is 5.82 Å². The maximum atomic E-state index is 13.2. The third kappa shape index (κ3) is 2.25. The molecule has 0 aliphatic rings. The standard InChI is InChI=1S/C13H14FN3O/c1-3-17(11-6-4-5-10(14)7-11)13(18)12-8-15-16-9(12)2/h4-8H,3H2,1-2H3,(H,15,16). The van der Waals surface area contributed by atoms with Crippen LogP contribution in [0.15, 0.2) is 30.5 Å². The molecule has 2 aromatic rings. The highest BCUT2D eigenvalue weighted by Gasteiger charge is 2.19. The van der Waals surface area contributed by atoms with Crippen molar-refractivity contribution in [2.45, 2.75) is 13.8 Å². The van der Waals surface area contributed by atoms with Crippen LogP contribution in [0.25, 0.3) is 0 Å². The van der Waals surface area contributed by atoms with E-state index in [0.717, 1.165) is 0 Å². The molecule has 0 unspecified atom stereocenters. The number of rotatable bonds is 3. The number of H-pyrrole nitrogens is 1. The Labute approximate surface area is 104 Å². The molecule has 5 heteroatoms. The van der Waals surface area contributed by atoms with Gasteiger partial charge in [-0.05, 0) is 32.0 Å². The van der Waals surface area contributed by atoms with Gasteiger partial charge >= 0.3 is 0 Å². The molecule has 0 radical (unpaired) electrons. The van der Waals surface area contributed by atoms with Gasteiger partial charge in [0.2, 0.25) is 0 Å². The molecule has 4 nitrogen and oxygen atoms in total. The van der Waals surface area contributed by atoms with Crippen LogP contribution in [0.3, 0.4) is 0 Å². The molecule has 0 bridgehead atoms. The number of nitrogens with zero attached hydrogens (tertiary/aromatic N) is 2. The third-order valence-electron chi connectivity index (χ3n) is 2.74. The largest absolute Gasteiger partial charge is 0.308 e. The summed E-state index contributed by atoms with van der Waals surface area (Å²) < 4.78 is 13.2. The molecule has 1 N–H and O–H groups in total. The lowest BCUT2D eigenvalue weighted by molar-refractivity contribution is 0.0988. The van der Waals surface area contributed by atoms with Crippen molar-refractivity contribution in [3.8, 4) is 0 Å². The number of aromatic nitrogens is 2. The zero-order chi connectivity index (χ0) is 13.1. The van der Waals surface area contributed by atoms with E-state index in [9.17, 15) is 9.18 Å². The predicted octanol–water partition coefficient (Wildman–Crippen LogP) is 2.52. The first-order valence-electron chi connectivity index (χ1n) is 5.71. The van der Waals surface area contributed by atoms with Crippen LogP contribution >= 0.6 is 0 Å². The van der Waals surface area contributed by atoms with E-state index in [1.807, 2.05) is 6.92 Å². The van der Waals surface area contributed by atoms with Gasteiger partial charge in [-0.3, -0.25) is 9.89 Å². The Morgan fingerprint density at radius 3 is 2.83 bits per heavy atom. The number of benzene rings is 1. The number of carbonyl (C=O) groups is 1. The number of halogens is 1. The van der Waals surface area contributed by atoms with Gasteiger partial charge in [-0.1, -0.05) is 6.07 Å². The molecule has 94 valence electrons. The Morgan fingerprint density at radius 2 is 2.28 bits per heavy atom. The van der Waals surface area contributed by atoms with Crippen molar-refractivity contribution in [1.82, 2.24) is 10.2 Å². The zero-order valence-electron chi connectivity index (χ0n) is 10.3. The minimum atomic E-state index is -0.359. The second kappa shape index (κ2) is 5.00. The molecule has 1 aromatic carbocycles. The van der Waals surface area contributed by atoms with Crippen molar-refractivity contribution < 1.29 is 9.18 Å². The quantitative estimate of drug-likeness (QED) is 0.906. The molecule has 0 saturated carbocycles. The summed E-state index contributed by atoms with van der Waals surface area (Å²) >= 11 is 0. The Morgan fingerprint density at radius 1 is 1.50 bits per heavy atom. The van der Waals surface area contributed by atoms with E-state index in [2.05, 4.69) is 10.2 Å². The topological polar surface area (TPSA) is 49.0 Å². The first-order valence-corrected chi connectivity index (χ1v) is 5.71. The van der Waals surface area contributed by atoms with E-state index in [1.165, 1.54) is 23.2 Å². The molecule has 1 aromatic heterocycles. The molecule has 2 rings (SSSR count). The Bertz CT molecular complexity index is 565. The normalized spacial score (nSPS) is 10.4. The molecule has 0 spiro atoms. The molecule has 0 aliphatic carbocycles. The van der Waals surface area contributed by atoms with Gasteiger partial charge in [-0.25, -0.2) is 4.39 Å². The average Bonchev–Trinajstić information content (AvgIpc) is 2.76. The lowest BCUT2D eigenvalue weighted by Crippen LogP contribution is -2.30. The summed E-state index contributed by atoms with van der Waals surface area (Å²) in [7, 11) is 0. The fourth-order valence-electron chi connectivity index (χ4n) is 1.80. The van der Waals surface area contributed by atoms with Crippen LogP contribution in [0.4, 0.5) is 10.1 Å². The molecule has 0 saturated heterocycles. The minimum absolute atomic E-state index is 0.186. The van der Waals surface area contributed by atoms with E-state index in [1.54, 1.807) is 19.1 Å². The summed E-state index contributed by atoms with van der Waals surface area (Å²) in [6.07, 6.45) is 1.49. The van der Waals surface area contributed by atoms with Gasteiger partial charge in [-0.2, -0.15) is 5.10 Å². The summed E-state index contributed by atoms with van der Waals surface area (Å²) in [5, 5.41) is 6.54. The van der Waals surface area contributed by atoms with Crippen molar-refractivity contribution in [1.29, 1.82) is 0 Å². The molecular formula is C13H14FN3O. The lowest BCUT2D eigenvalue weighted by Gasteiger charge is -2.20. The zero-order valence-corrected chi connectivity index (χ0v) is 10.3. The van der Waals surface area contributed by atoms with Gasteiger partial charge < -0.3 is 4.90 Å². The SMILES string of the molecule is CCN(C(=O)c1cn[nH]c1C)c1cccc(F)c1. The summed E-state index contributed by atoms with van der Waals surface area (Å²) in [6.45, 7) is 4.09. The summed E-state index contributed by atoms with van der Waals surface area (Å²) in [5.41, 5.74) is 1.75. The molecule has 0 aliphatic heterocycles. The van der Waals surface area contributed by atoms with Gasteiger partial charge in [-0.15, -0.1) is 0 Å². The first kappa shape index (κ1) is 12.3. The third-order valence-corrected chi connectivity index (χ3v) is 2.74. The lowest BCUT2D eigenvalue weighted by atomic mass is 10.2. The fraction of sp³-hybridized carbons (Fsp3) is 0.231. The maximum Gasteiger partial charge on any atom is 0.261 e. The maximum absolute atomic E-state index is 13.2. The van der Waals surface area contributed by atoms with Crippen molar-refractivity contribution in [3.05, 3.63) is 47.5 Å². The molecule has 1 heterocycles. The van der Waals surface area contributed by atoms with E-state index < -0.39 is 0 Å². The van der Waals surface area contributed by atoms with Gasteiger partial charge in [0.05, 0.1) is 11.8 Å². The van der Waals surface area contributed by atoms with Crippen LogP contribution in [0, 0.1) is 12.7 Å². The Kier molecular flexibility index (Phi) is 3.41. The number of anilines is 1. The number of nitrogens with one attached hydrogen (secondary N) is 1. The highest BCUT2D eigenvalue weighted by Crippen LogP contribution is 2.18. The van der Waals surface area contributed by atoms with Crippen molar-refractivity contribution in [2.75, 3.05) is 11.4 Å². The van der Waals surface area contributed by atoms with Crippen LogP contribution in [0.5, 0.6) is 0 Å². The van der Waals surface area contributed by atoms with Gasteiger partial charge in [0.15, 0.2) is 0 Å². The van der Waals surface area contributed by atoms with E-state index in [-0.39, 0.29) is 11.7 Å². The van der Waals surface area contributed by atoms with Crippen molar-refractivity contribution in [3.63, 3.8) is 0 Å². The number of hydrogen-bond acceptors (Lipinski definition) is 2. The Hall–Kier alpha value is -2.17. The summed E-state index contributed by atoms with van der Waals surface area (Å²) in [5.74, 6) is -0.544. The number of hydrogen-bond donors (Lipinski definition) is 1. The minimum Gasteiger partial charge on any atom is -0.308 e. The van der Waals surface area contributed by atoms with Crippen LogP contribution < -0.4 is 4.90 Å². The van der Waals surface area contributed by atoms with E-state index in [4.69, 9.17) is 0 Å². The Balaban J connectivity index is 2.35. The van der Waals surface area contributed by atoms with Crippen molar-refractivity contribution >= 4 is 11.6 Å². The summed E-state index contributed by atoms with van der Waals surface area (Å²) in [6, 6.07) is 5.99. The van der Waals surface area contributed by atoms with Crippen LogP contribution in [-0.2, 0) is 0 Å². The highest BCUT2D eigenvalue weighted by molar-refractivity contribution is 6.06.